The molecule has 0 aliphatic heterocycles. The van der Waals surface area contributed by atoms with Crippen molar-refractivity contribution in [1.29, 1.82) is 0 Å². The second-order valence-electron chi connectivity index (χ2n) is 4.74. The van der Waals surface area contributed by atoms with Crippen molar-refractivity contribution in [3.05, 3.63) is 42.0 Å². The van der Waals surface area contributed by atoms with E-state index in [1.54, 1.807) is 12.1 Å². The summed E-state index contributed by atoms with van der Waals surface area (Å²) in [7, 11) is 4.09. The molecule has 2 rings (SSSR count). The number of aromatic nitrogens is 2. The van der Waals surface area contributed by atoms with E-state index >= 15 is 0 Å². The number of hydrogen-bond donors (Lipinski definition) is 1. The van der Waals surface area contributed by atoms with Crippen molar-refractivity contribution in [3.63, 3.8) is 0 Å². The minimum atomic E-state index is 0.276. The molecule has 1 atom stereocenters. The van der Waals surface area contributed by atoms with Gasteiger partial charge in [-0.25, -0.2) is 4.98 Å². The summed E-state index contributed by atoms with van der Waals surface area (Å²) in [6.07, 6.45) is 1.83. The van der Waals surface area contributed by atoms with Gasteiger partial charge in [0.25, 0.3) is 0 Å². The van der Waals surface area contributed by atoms with Crippen LogP contribution >= 0.6 is 0 Å². The van der Waals surface area contributed by atoms with Crippen LogP contribution in [0.15, 0.2) is 30.6 Å². The number of benzene rings is 1. The maximum Gasteiger partial charge on any atom is 0.115 e. The standard InChI is InChI=1S/C14H19N3O/c1-10(16(3)4)14-11(2)17(9-15-14)12-5-7-13(18)8-6-12/h5-10,18H,1-4H3/t10-/m1/s1. The zero-order valence-electron chi connectivity index (χ0n) is 11.3. The van der Waals surface area contributed by atoms with Crippen molar-refractivity contribution in [1.82, 2.24) is 14.5 Å². The average molecular weight is 245 g/mol. The Morgan fingerprint density at radius 1 is 1.22 bits per heavy atom. The van der Waals surface area contributed by atoms with Crippen LogP contribution in [0.2, 0.25) is 0 Å². The zero-order chi connectivity index (χ0) is 13.3. The molecule has 0 aliphatic rings. The van der Waals surface area contributed by atoms with E-state index in [1.807, 2.05) is 37.1 Å². The van der Waals surface area contributed by atoms with Gasteiger partial charge in [0.15, 0.2) is 0 Å². The molecule has 0 saturated carbocycles. The Morgan fingerprint density at radius 3 is 2.39 bits per heavy atom. The van der Waals surface area contributed by atoms with Crippen LogP contribution in [0.5, 0.6) is 5.75 Å². The summed E-state index contributed by atoms with van der Waals surface area (Å²) >= 11 is 0. The molecule has 0 amide bonds. The molecule has 1 heterocycles. The van der Waals surface area contributed by atoms with Gasteiger partial charge in [0.1, 0.15) is 5.75 Å². The minimum absolute atomic E-state index is 0.276. The maximum atomic E-state index is 9.31. The number of phenols is 1. The van der Waals surface area contributed by atoms with E-state index in [0.717, 1.165) is 17.1 Å². The minimum Gasteiger partial charge on any atom is -0.508 e. The van der Waals surface area contributed by atoms with Gasteiger partial charge in [-0.15, -0.1) is 0 Å². The molecule has 0 radical (unpaired) electrons. The van der Waals surface area contributed by atoms with Gasteiger partial charge < -0.3 is 14.6 Å². The third-order valence-corrected chi connectivity index (χ3v) is 3.34. The van der Waals surface area contributed by atoms with Gasteiger partial charge in [0.2, 0.25) is 0 Å². The lowest BCUT2D eigenvalue weighted by molar-refractivity contribution is 0.315. The molecular formula is C14H19N3O. The number of aromatic hydroxyl groups is 1. The molecular weight excluding hydrogens is 226 g/mol. The topological polar surface area (TPSA) is 41.3 Å². The molecule has 4 nitrogen and oxygen atoms in total. The van der Waals surface area contributed by atoms with Crippen LogP contribution < -0.4 is 0 Å². The fourth-order valence-electron chi connectivity index (χ4n) is 1.95. The molecule has 0 aliphatic carbocycles. The Morgan fingerprint density at radius 2 is 1.83 bits per heavy atom. The lowest BCUT2D eigenvalue weighted by atomic mass is 10.2. The lowest BCUT2D eigenvalue weighted by Gasteiger charge is -2.18. The van der Waals surface area contributed by atoms with E-state index in [-0.39, 0.29) is 11.8 Å². The first-order valence-electron chi connectivity index (χ1n) is 6.00. The van der Waals surface area contributed by atoms with E-state index in [9.17, 15) is 5.11 Å². The Balaban J connectivity index is 2.39. The zero-order valence-corrected chi connectivity index (χ0v) is 11.3. The summed E-state index contributed by atoms with van der Waals surface area (Å²) in [4.78, 5) is 6.63. The predicted octanol–water partition coefficient (Wildman–Crippen LogP) is 2.51. The molecule has 96 valence electrons. The van der Waals surface area contributed by atoms with Crippen molar-refractivity contribution in [2.45, 2.75) is 19.9 Å². The highest BCUT2D eigenvalue weighted by atomic mass is 16.3. The van der Waals surface area contributed by atoms with E-state index in [2.05, 4.69) is 23.7 Å². The fourth-order valence-corrected chi connectivity index (χ4v) is 1.95. The lowest BCUT2D eigenvalue weighted by Crippen LogP contribution is -2.18. The van der Waals surface area contributed by atoms with Crippen LogP contribution in [0, 0.1) is 6.92 Å². The SMILES string of the molecule is Cc1c([C@@H](C)N(C)C)ncn1-c1ccc(O)cc1. The monoisotopic (exact) mass is 245 g/mol. The van der Waals surface area contributed by atoms with Crippen molar-refractivity contribution in [2.75, 3.05) is 14.1 Å². The van der Waals surface area contributed by atoms with Gasteiger partial charge in [0, 0.05) is 11.4 Å². The molecule has 18 heavy (non-hydrogen) atoms. The number of imidazole rings is 1. The predicted molar refractivity (Wildman–Crippen MR) is 72.1 cm³/mol. The van der Waals surface area contributed by atoms with Crippen LogP contribution in [0.1, 0.15) is 24.4 Å². The van der Waals surface area contributed by atoms with Crippen LogP contribution in [0.25, 0.3) is 5.69 Å². The van der Waals surface area contributed by atoms with Gasteiger partial charge in [0.05, 0.1) is 18.1 Å². The number of phenolic OH excluding ortho intramolecular Hbond substituents is 1. The number of rotatable bonds is 3. The van der Waals surface area contributed by atoms with Crippen LogP contribution in [0.3, 0.4) is 0 Å². The van der Waals surface area contributed by atoms with Crippen molar-refractivity contribution < 1.29 is 5.11 Å². The van der Waals surface area contributed by atoms with Gasteiger partial charge in [-0.3, -0.25) is 0 Å². The van der Waals surface area contributed by atoms with Crippen molar-refractivity contribution in [2.24, 2.45) is 0 Å². The third-order valence-electron chi connectivity index (χ3n) is 3.34. The second-order valence-corrected chi connectivity index (χ2v) is 4.74. The Bertz CT molecular complexity index is 528. The molecule has 0 unspecified atom stereocenters. The van der Waals surface area contributed by atoms with Crippen LogP contribution in [0.4, 0.5) is 0 Å². The number of hydrogen-bond acceptors (Lipinski definition) is 3. The van der Waals surface area contributed by atoms with Crippen molar-refractivity contribution >= 4 is 0 Å². The Hall–Kier alpha value is -1.81. The van der Waals surface area contributed by atoms with E-state index < -0.39 is 0 Å². The molecule has 4 heteroatoms. The summed E-state index contributed by atoms with van der Waals surface area (Å²) in [6.45, 7) is 4.20. The van der Waals surface area contributed by atoms with Gasteiger partial charge >= 0.3 is 0 Å². The summed E-state index contributed by atoms with van der Waals surface area (Å²) < 4.78 is 2.04. The molecule has 1 N–H and O–H groups in total. The average Bonchev–Trinajstić information content (AvgIpc) is 2.71. The van der Waals surface area contributed by atoms with Crippen LogP contribution in [-0.4, -0.2) is 33.7 Å². The third kappa shape index (κ3) is 2.24. The largest absolute Gasteiger partial charge is 0.508 e. The molecule has 0 bridgehead atoms. The normalized spacial score (nSPS) is 12.9. The summed E-state index contributed by atoms with van der Waals surface area (Å²) in [5, 5.41) is 9.31. The van der Waals surface area contributed by atoms with E-state index in [0.29, 0.717) is 0 Å². The molecule has 2 aromatic rings. The summed E-state index contributed by atoms with van der Waals surface area (Å²) in [5.41, 5.74) is 3.21. The highest BCUT2D eigenvalue weighted by Crippen LogP contribution is 2.23. The first kappa shape index (κ1) is 12.6. The van der Waals surface area contributed by atoms with Crippen LogP contribution in [-0.2, 0) is 0 Å². The summed E-state index contributed by atoms with van der Waals surface area (Å²) in [5.74, 6) is 0.276. The van der Waals surface area contributed by atoms with E-state index in [4.69, 9.17) is 0 Å². The summed E-state index contributed by atoms with van der Waals surface area (Å²) in [6, 6.07) is 7.42. The molecule has 1 aromatic heterocycles. The van der Waals surface area contributed by atoms with Gasteiger partial charge in [-0.05, 0) is 52.2 Å². The Kier molecular flexibility index (Phi) is 3.39. The molecule has 1 aromatic carbocycles. The first-order valence-corrected chi connectivity index (χ1v) is 6.00. The first-order chi connectivity index (χ1) is 8.50. The molecule has 0 spiro atoms. The second kappa shape index (κ2) is 4.82. The molecule has 0 saturated heterocycles. The van der Waals surface area contributed by atoms with Gasteiger partial charge in [-0.2, -0.15) is 0 Å². The van der Waals surface area contributed by atoms with E-state index in [1.165, 1.54) is 0 Å². The smallest absolute Gasteiger partial charge is 0.115 e. The fraction of sp³-hybridized carbons (Fsp3) is 0.357. The highest BCUT2D eigenvalue weighted by Gasteiger charge is 2.16. The number of nitrogens with zero attached hydrogens (tertiary/aromatic N) is 3. The van der Waals surface area contributed by atoms with Crippen molar-refractivity contribution in [3.8, 4) is 11.4 Å². The quantitative estimate of drug-likeness (QED) is 0.903. The molecule has 0 fully saturated rings. The maximum absolute atomic E-state index is 9.31. The Labute approximate surface area is 108 Å². The highest BCUT2D eigenvalue weighted by molar-refractivity contribution is 5.39. The van der Waals surface area contributed by atoms with Gasteiger partial charge in [-0.1, -0.05) is 0 Å².